The van der Waals surface area contributed by atoms with Crippen molar-refractivity contribution in [3.63, 3.8) is 0 Å². The number of amides is 2. The zero-order valence-corrected chi connectivity index (χ0v) is 23.6. The van der Waals surface area contributed by atoms with Crippen molar-refractivity contribution in [1.82, 2.24) is 4.90 Å². The molecule has 1 N–H and O–H groups in total. The molecule has 0 spiro atoms. The van der Waals surface area contributed by atoms with Crippen LogP contribution in [0, 0.1) is 0 Å². The van der Waals surface area contributed by atoms with Crippen molar-refractivity contribution >= 4 is 75.1 Å². The molecule has 0 atom stereocenters. The lowest BCUT2D eigenvalue weighted by atomic mass is 10.1. The molecule has 3 aromatic rings. The maximum Gasteiger partial charge on any atom is 0.266 e. The van der Waals surface area contributed by atoms with Crippen LogP contribution in [-0.2, 0) is 16.0 Å². The van der Waals surface area contributed by atoms with Gasteiger partial charge in [0.15, 0.2) is 18.1 Å². The van der Waals surface area contributed by atoms with Crippen LogP contribution in [0.1, 0.15) is 18.1 Å². The second-order valence-corrected chi connectivity index (χ2v) is 10.8. The van der Waals surface area contributed by atoms with E-state index in [1.54, 1.807) is 47.4 Å². The maximum atomic E-state index is 13.0. The summed E-state index contributed by atoms with van der Waals surface area (Å²) in [5, 5.41) is 3.52. The smallest absolute Gasteiger partial charge is 0.266 e. The fraction of sp³-hybridized carbons (Fsp3) is 0.179. The summed E-state index contributed by atoms with van der Waals surface area (Å²) in [5.74, 6) is 0.360. The fourth-order valence-electron chi connectivity index (χ4n) is 3.70. The largest absolute Gasteiger partial charge is 0.490 e. The van der Waals surface area contributed by atoms with Crippen LogP contribution in [0.5, 0.6) is 11.5 Å². The summed E-state index contributed by atoms with van der Waals surface area (Å²) in [6.45, 7) is 2.52. The third-order valence-corrected chi connectivity index (χ3v) is 7.23. The molecule has 0 unspecified atom stereocenters. The van der Waals surface area contributed by atoms with Crippen molar-refractivity contribution < 1.29 is 19.1 Å². The molecule has 0 aliphatic carbocycles. The first-order valence-corrected chi connectivity index (χ1v) is 13.8. The minimum Gasteiger partial charge on any atom is -0.490 e. The number of carbonyl (C=O) groups is 2. The van der Waals surface area contributed by atoms with Crippen LogP contribution < -0.4 is 14.8 Å². The summed E-state index contributed by atoms with van der Waals surface area (Å²) in [5.41, 5.74) is 2.37. The van der Waals surface area contributed by atoms with Crippen molar-refractivity contribution in [3.8, 4) is 11.5 Å². The number of benzene rings is 3. The number of nitrogens with zero attached hydrogens (tertiary/aromatic N) is 1. The Kier molecular flexibility index (Phi) is 9.69. The molecule has 1 aliphatic heterocycles. The summed E-state index contributed by atoms with van der Waals surface area (Å²) in [4.78, 5) is 27.6. The summed E-state index contributed by atoms with van der Waals surface area (Å²) < 4.78 is 12.0. The van der Waals surface area contributed by atoms with Gasteiger partial charge >= 0.3 is 0 Å². The molecule has 1 aliphatic rings. The van der Waals surface area contributed by atoms with E-state index in [2.05, 4.69) is 5.32 Å². The fourth-order valence-corrected chi connectivity index (χ4v) is 5.53. The van der Waals surface area contributed by atoms with Crippen LogP contribution >= 0.6 is 47.2 Å². The number of halogens is 2. The van der Waals surface area contributed by atoms with Crippen molar-refractivity contribution in [3.05, 3.63) is 92.8 Å². The molecule has 196 valence electrons. The van der Waals surface area contributed by atoms with E-state index in [1.807, 2.05) is 37.3 Å². The van der Waals surface area contributed by atoms with Gasteiger partial charge in [0.2, 0.25) is 0 Å². The predicted octanol–water partition coefficient (Wildman–Crippen LogP) is 6.85. The highest BCUT2D eigenvalue weighted by Gasteiger charge is 2.31. The standard InChI is InChI=1S/C28H24Cl2N2O4S2/c1-2-35-24-12-19(8-9-23(24)36-17-26(33)31-22-15-20(29)14-21(30)16-22)13-25-27(34)32(28(37)38-25)11-10-18-6-4-3-5-7-18/h3-9,12-16H,2,10-11,17H2,1H3,(H,31,33)/b25-13-. The van der Waals surface area contributed by atoms with E-state index < -0.39 is 0 Å². The normalized spacial score (nSPS) is 14.2. The van der Waals surface area contributed by atoms with E-state index in [-0.39, 0.29) is 18.4 Å². The van der Waals surface area contributed by atoms with E-state index >= 15 is 0 Å². The van der Waals surface area contributed by atoms with Gasteiger partial charge in [-0.1, -0.05) is 83.6 Å². The molecule has 1 saturated heterocycles. The van der Waals surface area contributed by atoms with Gasteiger partial charge in [0.1, 0.15) is 4.32 Å². The van der Waals surface area contributed by atoms with Crippen LogP contribution in [0.2, 0.25) is 10.0 Å². The van der Waals surface area contributed by atoms with Gasteiger partial charge in [-0.25, -0.2) is 0 Å². The van der Waals surface area contributed by atoms with E-state index in [4.69, 9.17) is 44.9 Å². The molecule has 1 heterocycles. The minimum absolute atomic E-state index is 0.119. The van der Waals surface area contributed by atoms with Gasteiger partial charge < -0.3 is 14.8 Å². The number of anilines is 1. The number of nitrogens with one attached hydrogen (secondary N) is 1. The Morgan fingerprint density at radius 3 is 2.47 bits per heavy atom. The Hall–Kier alpha value is -3.04. The molecule has 0 radical (unpaired) electrons. The van der Waals surface area contributed by atoms with Crippen LogP contribution in [0.25, 0.3) is 6.08 Å². The Bertz CT molecular complexity index is 1360. The molecular formula is C28H24Cl2N2O4S2. The van der Waals surface area contributed by atoms with Gasteiger partial charge in [0.25, 0.3) is 11.8 Å². The molecule has 2 amide bonds. The number of ether oxygens (including phenoxy) is 2. The summed E-state index contributed by atoms with van der Waals surface area (Å²) in [7, 11) is 0. The molecular weight excluding hydrogens is 563 g/mol. The molecule has 3 aromatic carbocycles. The molecule has 38 heavy (non-hydrogen) atoms. The Morgan fingerprint density at radius 1 is 1.03 bits per heavy atom. The van der Waals surface area contributed by atoms with Gasteiger partial charge in [0.05, 0.1) is 11.5 Å². The van der Waals surface area contributed by atoms with Crippen molar-refractivity contribution in [2.45, 2.75) is 13.3 Å². The predicted molar refractivity (Wildman–Crippen MR) is 158 cm³/mol. The van der Waals surface area contributed by atoms with Crippen molar-refractivity contribution in [1.29, 1.82) is 0 Å². The Labute approximate surface area is 240 Å². The van der Waals surface area contributed by atoms with Gasteiger partial charge in [-0.2, -0.15) is 0 Å². The second-order valence-electron chi connectivity index (χ2n) is 8.20. The molecule has 0 aromatic heterocycles. The lowest BCUT2D eigenvalue weighted by molar-refractivity contribution is -0.122. The highest BCUT2D eigenvalue weighted by Crippen LogP contribution is 2.35. The number of thioether (sulfide) groups is 1. The minimum atomic E-state index is -0.381. The lowest BCUT2D eigenvalue weighted by Crippen LogP contribution is -2.30. The van der Waals surface area contributed by atoms with Gasteiger partial charge in [-0.15, -0.1) is 0 Å². The van der Waals surface area contributed by atoms with Gasteiger partial charge in [0, 0.05) is 22.3 Å². The quantitative estimate of drug-likeness (QED) is 0.207. The van der Waals surface area contributed by atoms with Crippen LogP contribution in [0.4, 0.5) is 5.69 Å². The topological polar surface area (TPSA) is 67.9 Å². The van der Waals surface area contributed by atoms with Gasteiger partial charge in [-0.05, 0) is 60.9 Å². The SMILES string of the molecule is CCOc1cc(/C=C2\SC(=S)N(CCc3ccccc3)C2=O)ccc1OCC(=O)Nc1cc(Cl)cc(Cl)c1. The molecule has 4 rings (SSSR count). The number of rotatable bonds is 10. The number of carbonyl (C=O) groups excluding carboxylic acids is 2. The number of hydrogen-bond acceptors (Lipinski definition) is 6. The molecule has 10 heteroatoms. The first kappa shape index (κ1) is 28.0. The lowest BCUT2D eigenvalue weighted by Gasteiger charge is -2.14. The van der Waals surface area contributed by atoms with Crippen molar-refractivity contribution in [2.24, 2.45) is 0 Å². The number of hydrogen-bond donors (Lipinski definition) is 1. The highest BCUT2D eigenvalue weighted by atomic mass is 35.5. The summed E-state index contributed by atoms with van der Waals surface area (Å²) in [6.07, 6.45) is 2.50. The second kappa shape index (κ2) is 13.2. The van der Waals surface area contributed by atoms with Crippen LogP contribution in [-0.4, -0.2) is 40.8 Å². The first-order chi connectivity index (χ1) is 18.3. The average Bonchev–Trinajstić information content (AvgIpc) is 3.14. The molecule has 6 nitrogen and oxygen atoms in total. The Morgan fingerprint density at radius 2 is 1.76 bits per heavy atom. The highest BCUT2D eigenvalue weighted by molar-refractivity contribution is 8.26. The van der Waals surface area contributed by atoms with E-state index in [0.29, 0.717) is 49.6 Å². The Balaban J connectivity index is 1.41. The van der Waals surface area contributed by atoms with Crippen LogP contribution in [0.15, 0.2) is 71.6 Å². The van der Waals surface area contributed by atoms with E-state index in [0.717, 1.165) is 17.5 Å². The zero-order chi connectivity index (χ0) is 27.1. The molecule has 0 saturated carbocycles. The van der Waals surface area contributed by atoms with E-state index in [9.17, 15) is 9.59 Å². The van der Waals surface area contributed by atoms with Crippen LogP contribution in [0.3, 0.4) is 0 Å². The first-order valence-electron chi connectivity index (χ1n) is 11.8. The maximum absolute atomic E-state index is 13.0. The average molecular weight is 588 g/mol. The third-order valence-electron chi connectivity index (χ3n) is 5.41. The van der Waals surface area contributed by atoms with Crippen molar-refractivity contribution in [2.75, 3.05) is 25.1 Å². The molecule has 0 bridgehead atoms. The monoisotopic (exact) mass is 586 g/mol. The number of thiocarbonyl (C=S) groups is 1. The third kappa shape index (κ3) is 7.51. The van der Waals surface area contributed by atoms with Gasteiger partial charge in [-0.3, -0.25) is 14.5 Å². The molecule has 1 fully saturated rings. The summed E-state index contributed by atoms with van der Waals surface area (Å²) >= 11 is 18.7. The summed E-state index contributed by atoms with van der Waals surface area (Å²) in [6, 6.07) is 20.0. The van der Waals surface area contributed by atoms with E-state index in [1.165, 1.54) is 11.8 Å². The zero-order valence-electron chi connectivity index (χ0n) is 20.4.